The second kappa shape index (κ2) is 4.81. The number of ether oxygens (including phenoxy) is 1. The summed E-state index contributed by atoms with van der Waals surface area (Å²) < 4.78 is 9.95. The number of methoxy groups -OCH3 is 1. The minimum atomic E-state index is -0.124. The van der Waals surface area contributed by atoms with E-state index in [4.69, 9.17) is 9.15 Å². The normalized spacial score (nSPS) is 12.5. The van der Waals surface area contributed by atoms with E-state index in [1.54, 1.807) is 20.1 Å². The van der Waals surface area contributed by atoms with Crippen LogP contribution in [-0.4, -0.2) is 25.7 Å². The molecular formula is C10H15NO3. The molecule has 0 saturated carbocycles. The van der Waals surface area contributed by atoms with Crippen molar-refractivity contribution in [3.8, 4) is 0 Å². The van der Waals surface area contributed by atoms with Gasteiger partial charge in [0.25, 0.3) is 5.91 Å². The molecule has 1 rings (SSSR count). The van der Waals surface area contributed by atoms with E-state index in [2.05, 4.69) is 5.32 Å². The quantitative estimate of drug-likeness (QED) is 0.792. The molecule has 1 aromatic heterocycles. The van der Waals surface area contributed by atoms with Crippen LogP contribution in [0, 0.1) is 6.92 Å². The van der Waals surface area contributed by atoms with Crippen molar-refractivity contribution in [3.05, 3.63) is 23.7 Å². The summed E-state index contributed by atoms with van der Waals surface area (Å²) in [6.07, 6.45) is 1.51. The summed E-state index contributed by atoms with van der Waals surface area (Å²) >= 11 is 0. The third kappa shape index (κ3) is 2.60. The Bertz CT molecular complexity index is 306. The highest BCUT2D eigenvalue weighted by Gasteiger charge is 2.13. The first-order valence-electron chi connectivity index (χ1n) is 4.49. The number of carbonyl (C=O) groups is 1. The van der Waals surface area contributed by atoms with Gasteiger partial charge in [-0.2, -0.15) is 0 Å². The lowest BCUT2D eigenvalue weighted by molar-refractivity contribution is 0.0904. The molecule has 0 unspecified atom stereocenters. The van der Waals surface area contributed by atoms with Crippen LogP contribution in [-0.2, 0) is 4.74 Å². The van der Waals surface area contributed by atoms with Gasteiger partial charge in [-0.15, -0.1) is 0 Å². The predicted molar refractivity (Wildman–Crippen MR) is 52.2 cm³/mol. The molecule has 0 aliphatic carbocycles. The molecule has 0 aliphatic heterocycles. The third-order valence-corrected chi connectivity index (χ3v) is 1.90. The van der Waals surface area contributed by atoms with E-state index in [1.165, 1.54) is 6.26 Å². The number of rotatable bonds is 4. The molecule has 14 heavy (non-hydrogen) atoms. The van der Waals surface area contributed by atoms with Gasteiger partial charge < -0.3 is 14.5 Å². The van der Waals surface area contributed by atoms with Gasteiger partial charge in [-0.05, 0) is 19.9 Å². The third-order valence-electron chi connectivity index (χ3n) is 1.90. The topological polar surface area (TPSA) is 51.5 Å². The van der Waals surface area contributed by atoms with Gasteiger partial charge in [0.05, 0.1) is 18.4 Å². The zero-order valence-corrected chi connectivity index (χ0v) is 8.66. The Kier molecular flexibility index (Phi) is 3.71. The summed E-state index contributed by atoms with van der Waals surface area (Å²) in [6.45, 7) is 4.15. The number of nitrogens with one attached hydrogen (secondary N) is 1. The number of hydrogen-bond acceptors (Lipinski definition) is 3. The van der Waals surface area contributed by atoms with Crippen LogP contribution in [0.25, 0.3) is 0 Å². The number of furan rings is 1. The number of aryl methyl sites for hydroxylation is 1. The molecule has 0 aliphatic rings. The zero-order valence-electron chi connectivity index (χ0n) is 8.66. The van der Waals surface area contributed by atoms with Crippen LogP contribution in [0.2, 0.25) is 0 Å². The molecule has 1 atom stereocenters. The molecule has 78 valence electrons. The van der Waals surface area contributed by atoms with Crippen LogP contribution in [0.3, 0.4) is 0 Å². The highest BCUT2D eigenvalue weighted by atomic mass is 16.5. The van der Waals surface area contributed by atoms with E-state index in [1.807, 2.05) is 6.92 Å². The molecule has 0 aromatic carbocycles. The SMILES string of the molecule is COC[C@@H](C)NC(=O)c1ccoc1C. The minimum Gasteiger partial charge on any atom is -0.469 e. The Morgan fingerprint density at radius 2 is 2.43 bits per heavy atom. The summed E-state index contributed by atoms with van der Waals surface area (Å²) in [5, 5.41) is 2.80. The highest BCUT2D eigenvalue weighted by Crippen LogP contribution is 2.08. The van der Waals surface area contributed by atoms with Gasteiger partial charge in [-0.25, -0.2) is 0 Å². The van der Waals surface area contributed by atoms with Crippen molar-refractivity contribution in [2.75, 3.05) is 13.7 Å². The maximum absolute atomic E-state index is 11.6. The number of carbonyl (C=O) groups excluding carboxylic acids is 1. The fraction of sp³-hybridized carbons (Fsp3) is 0.500. The Balaban J connectivity index is 2.55. The molecule has 1 aromatic rings. The van der Waals surface area contributed by atoms with E-state index in [-0.39, 0.29) is 11.9 Å². The first kappa shape index (κ1) is 10.8. The first-order chi connectivity index (χ1) is 6.65. The summed E-state index contributed by atoms with van der Waals surface area (Å²) in [7, 11) is 1.60. The summed E-state index contributed by atoms with van der Waals surface area (Å²) in [5.41, 5.74) is 0.577. The average molecular weight is 197 g/mol. The Morgan fingerprint density at radius 1 is 1.71 bits per heavy atom. The van der Waals surface area contributed by atoms with Gasteiger partial charge in [0, 0.05) is 13.2 Å². The van der Waals surface area contributed by atoms with Crippen LogP contribution < -0.4 is 5.32 Å². The fourth-order valence-corrected chi connectivity index (χ4v) is 1.21. The molecule has 4 heteroatoms. The maximum Gasteiger partial charge on any atom is 0.255 e. The lowest BCUT2D eigenvalue weighted by Crippen LogP contribution is -2.35. The summed E-state index contributed by atoms with van der Waals surface area (Å²) in [4.78, 5) is 11.6. The highest BCUT2D eigenvalue weighted by molar-refractivity contribution is 5.95. The number of hydrogen-bond donors (Lipinski definition) is 1. The molecule has 1 N–H and O–H groups in total. The molecule has 0 spiro atoms. The lowest BCUT2D eigenvalue weighted by atomic mass is 10.2. The molecule has 1 heterocycles. The van der Waals surface area contributed by atoms with Crippen LogP contribution in [0.1, 0.15) is 23.0 Å². The molecule has 0 bridgehead atoms. The monoisotopic (exact) mass is 197 g/mol. The van der Waals surface area contributed by atoms with E-state index in [9.17, 15) is 4.79 Å². The molecular weight excluding hydrogens is 182 g/mol. The van der Waals surface area contributed by atoms with Crippen LogP contribution >= 0.6 is 0 Å². The largest absolute Gasteiger partial charge is 0.469 e. The van der Waals surface area contributed by atoms with Crippen LogP contribution in [0.5, 0.6) is 0 Å². The first-order valence-corrected chi connectivity index (χ1v) is 4.49. The Morgan fingerprint density at radius 3 is 2.93 bits per heavy atom. The fourth-order valence-electron chi connectivity index (χ4n) is 1.21. The van der Waals surface area contributed by atoms with Crippen molar-refractivity contribution < 1.29 is 13.9 Å². The average Bonchev–Trinajstić information content (AvgIpc) is 2.51. The van der Waals surface area contributed by atoms with Crippen molar-refractivity contribution in [2.45, 2.75) is 19.9 Å². The summed E-state index contributed by atoms with van der Waals surface area (Å²) in [6, 6.07) is 1.66. The van der Waals surface area contributed by atoms with Gasteiger partial charge in [0.2, 0.25) is 0 Å². The second-order valence-electron chi connectivity index (χ2n) is 3.22. The van der Waals surface area contributed by atoms with E-state index in [0.29, 0.717) is 17.9 Å². The van der Waals surface area contributed by atoms with E-state index >= 15 is 0 Å². The predicted octanol–water partition coefficient (Wildman–Crippen LogP) is 1.35. The van der Waals surface area contributed by atoms with Crippen molar-refractivity contribution in [1.29, 1.82) is 0 Å². The van der Waals surface area contributed by atoms with E-state index < -0.39 is 0 Å². The van der Waals surface area contributed by atoms with Crippen LogP contribution in [0.15, 0.2) is 16.7 Å². The number of amides is 1. The lowest BCUT2D eigenvalue weighted by Gasteiger charge is -2.11. The zero-order chi connectivity index (χ0) is 10.6. The van der Waals surface area contributed by atoms with Gasteiger partial charge in [-0.1, -0.05) is 0 Å². The Hall–Kier alpha value is -1.29. The standard InChI is InChI=1S/C10H15NO3/c1-7(6-13-3)11-10(12)9-4-5-14-8(9)2/h4-5,7H,6H2,1-3H3,(H,11,12)/t7-/m1/s1. The van der Waals surface area contributed by atoms with Crippen molar-refractivity contribution in [1.82, 2.24) is 5.32 Å². The molecule has 0 fully saturated rings. The van der Waals surface area contributed by atoms with E-state index in [0.717, 1.165) is 0 Å². The van der Waals surface area contributed by atoms with Crippen LogP contribution in [0.4, 0.5) is 0 Å². The van der Waals surface area contributed by atoms with Gasteiger partial charge in [0.1, 0.15) is 5.76 Å². The van der Waals surface area contributed by atoms with Gasteiger partial charge in [0.15, 0.2) is 0 Å². The van der Waals surface area contributed by atoms with Crippen molar-refractivity contribution in [3.63, 3.8) is 0 Å². The van der Waals surface area contributed by atoms with Gasteiger partial charge >= 0.3 is 0 Å². The molecule has 0 radical (unpaired) electrons. The summed E-state index contributed by atoms with van der Waals surface area (Å²) in [5.74, 6) is 0.507. The maximum atomic E-state index is 11.6. The van der Waals surface area contributed by atoms with Crippen molar-refractivity contribution in [2.24, 2.45) is 0 Å². The smallest absolute Gasteiger partial charge is 0.255 e. The van der Waals surface area contributed by atoms with Gasteiger partial charge in [-0.3, -0.25) is 4.79 Å². The second-order valence-corrected chi connectivity index (χ2v) is 3.22. The van der Waals surface area contributed by atoms with Crippen molar-refractivity contribution >= 4 is 5.91 Å². The molecule has 1 amide bonds. The minimum absolute atomic E-state index is 0.00167. The molecule has 0 saturated heterocycles. The Labute approximate surface area is 83.2 Å². The molecule has 4 nitrogen and oxygen atoms in total.